The van der Waals surface area contributed by atoms with Crippen molar-refractivity contribution in [2.75, 3.05) is 19.0 Å². The third-order valence-corrected chi connectivity index (χ3v) is 2.44. The molecule has 5 nitrogen and oxygen atoms in total. The molecule has 1 rings (SSSR count). The number of ether oxygens (including phenoxy) is 1. The standard InChI is InChI=1S/C9H11BrN2O3/c1-3-15-9-5-7(11-2)8(12(13)14)4-6(9)10/h4-5,11H,3H2,1-2H3. The number of nitrogens with zero attached hydrogens (tertiary/aromatic N) is 1. The van der Waals surface area contributed by atoms with E-state index in [9.17, 15) is 10.1 Å². The van der Waals surface area contributed by atoms with E-state index in [2.05, 4.69) is 21.2 Å². The molecule has 0 atom stereocenters. The van der Waals surface area contributed by atoms with Gasteiger partial charge < -0.3 is 10.1 Å². The van der Waals surface area contributed by atoms with Crippen molar-refractivity contribution >= 4 is 27.3 Å². The van der Waals surface area contributed by atoms with Crippen molar-refractivity contribution in [2.24, 2.45) is 0 Å². The highest BCUT2D eigenvalue weighted by Crippen LogP contribution is 2.35. The maximum Gasteiger partial charge on any atom is 0.293 e. The van der Waals surface area contributed by atoms with E-state index in [-0.39, 0.29) is 5.69 Å². The summed E-state index contributed by atoms with van der Waals surface area (Å²) in [6, 6.07) is 3.03. The van der Waals surface area contributed by atoms with E-state index < -0.39 is 4.92 Å². The summed E-state index contributed by atoms with van der Waals surface area (Å²) < 4.78 is 5.88. The van der Waals surface area contributed by atoms with Crippen molar-refractivity contribution in [1.82, 2.24) is 0 Å². The van der Waals surface area contributed by atoms with Gasteiger partial charge in [-0.2, -0.15) is 0 Å². The lowest BCUT2D eigenvalue weighted by Crippen LogP contribution is -1.99. The fourth-order valence-corrected chi connectivity index (χ4v) is 1.61. The third kappa shape index (κ3) is 2.59. The van der Waals surface area contributed by atoms with Crippen LogP contribution in [0.1, 0.15) is 6.92 Å². The zero-order valence-corrected chi connectivity index (χ0v) is 10.00. The lowest BCUT2D eigenvalue weighted by molar-refractivity contribution is -0.384. The minimum atomic E-state index is -0.438. The van der Waals surface area contributed by atoms with Gasteiger partial charge in [-0.25, -0.2) is 0 Å². The van der Waals surface area contributed by atoms with Gasteiger partial charge in [-0.3, -0.25) is 10.1 Å². The van der Waals surface area contributed by atoms with Crippen LogP contribution in [0.5, 0.6) is 5.75 Å². The molecule has 0 fully saturated rings. The van der Waals surface area contributed by atoms with Crippen LogP contribution < -0.4 is 10.1 Å². The minimum Gasteiger partial charge on any atom is -0.493 e. The van der Waals surface area contributed by atoms with Gasteiger partial charge in [-0.15, -0.1) is 0 Å². The first-order chi connectivity index (χ1) is 7.10. The van der Waals surface area contributed by atoms with Crippen LogP contribution in [0.2, 0.25) is 0 Å². The van der Waals surface area contributed by atoms with E-state index in [1.807, 2.05) is 6.92 Å². The smallest absolute Gasteiger partial charge is 0.293 e. The van der Waals surface area contributed by atoms with Gasteiger partial charge in [0.15, 0.2) is 0 Å². The summed E-state index contributed by atoms with van der Waals surface area (Å²) >= 11 is 3.22. The molecule has 6 heteroatoms. The predicted octanol–water partition coefficient (Wildman–Crippen LogP) is 2.80. The Hall–Kier alpha value is -1.30. The van der Waals surface area contributed by atoms with Crippen LogP contribution in [0.3, 0.4) is 0 Å². The van der Waals surface area contributed by atoms with E-state index in [4.69, 9.17) is 4.74 Å². The Bertz CT molecular complexity index is 382. The molecule has 0 aromatic heterocycles. The van der Waals surface area contributed by atoms with E-state index in [1.165, 1.54) is 6.07 Å². The summed E-state index contributed by atoms with van der Waals surface area (Å²) in [5, 5.41) is 13.5. The Morgan fingerprint density at radius 1 is 1.60 bits per heavy atom. The van der Waals surface area contributed by atoms with Crippen LogP contribution in [0, 0.1) is 10.1 Å². The Labute approximate surface area is 95.7 Å². The second kappa shape index (κ2) is 4.97. The summed E-state index contributed by atoms with van der Waals surface area (Å²) in [6.45, 7) is 2.37. The second-order valence-corrected chi connectivity index (χ2v) is 3.59. The number of rotatable bonds is 4. The van der Waals surface area contributed by atoms with E-state index in [0.29, 0.717) is 22.5 Å². The molecular weight excluding hydrogens is 264 g/mol. The van der Waals surface area contributed by atoms with Crippen molar-refractivity contribution in [2.45, 2.75) is 6.92 Å². The van der Waals surface area contributed by atoms with Gasteiger partial charge >= 0.3 is 0 Å². The van der Waals surface area contributed by atoms with Crippen LogP contribution in [0.15, 0.2) is 16.6 Å². The van der Waals surface area contributed by atoms with Gasteiger partial charge in [0.25, 0.3) is 5.69 Å². The van der Waals surface area contributed by atoms with Crippen molar-refractivity contribution in [3.63, 3.8) is 0 Å². The van der Waals surface area contributed by atoms with Crippen molar-refractivity contribution in [1.29, 1.82) is 0 Å². The first kappa shape index (κ1) is 11.8. The maximum atomic E-state index is 10.7. The molecule has 1 N–H and O–H groups in total. The van der Waals surface area contributed by atoms with Gasteiger partial charge in [0.05, 0.1) is 16.0 Å². The largest absolute Gasteiger partial charge is 0.493 e. The van der Waals surface area contributed by atoms with Crippen LogP contribution in [0.4, 0.5) is 11.4 Å². The summed E-state index contributed by atoms with van der Waals surface area (Å²) in [4.78, 5) is 10.3. The quantitative estimate of drug-likeness (QED) is 0.677. The zero-order valence-electron chi connectivity index (χ0n) is 8.41. The van der Waals surface area contributed by atoms with Crippen molar-refractivity contribution in [3.8, 4) is 5.75 Å². The number of hydrogen-bond donors (Lipinski definition) is 1. The van der Waals surface area contributed by atoms with Gasteiger partial charge in [0.2, 0.25) is 0 Å². The lowest BCUT2D eigenvalue weighted by atomic mass is 10.2. The summed E-state index contributed by atoms with van der Waals surface area (Å²) in [7, 11) is 1.63. The SMILES string of the molecule is CCOc1cc(NC)c([N+](=O)[O-])cc1Br. The molecule has 0 spiro atoms. The molecule has 0 aliphatic heterocycles. The zero-order chi connectivity index (χ0) is 11.4. The molecule has 0 amide bonds. The monoisotopic (exact) mass is 274 g/mol. The Balaban J connectivity index is 3.22. The first-order valence-electron chi connectivity index (χ1n) is 4.38. The van der Waals surface area contributed by atoms with Gasteiger partial charge in [0.1, 0.15) is 11.4 Å². The second-order valence-electron chi connectivity index (χ2n) is 2.74. The molecule has 0 bridgehead atoms. The van der Waals surface area contributed by atoms with E-state index in [1.54, 1.807) is 13.1 Å². The van der Waals surface area contributed by atoms with Crippen LogP contribution in [0.25, 0.3) is 0 Å². The summed E-state index contributed by atoms with van der Waals surface area (Å²) in [6.07, 6.45) is 0. The normalized spacial score (nSPS) is 9.80. The average Bonchev–Trinajstić information content (AvgIpc) is 2.20. The summed E-state index contributed by atoms with van der Waals surface area (Å²) in [5.74, 6) is 0.590. The molecule has 0 saturated carbocycles. The predicted molar refractivity (Wildman–Crippen MR) is 61.5 cm³/mol. The number of anilines is 1. The highest BCUT2D eigenvalue weighted by molar-refractivity contribution is 9.10. The van der Waals surface area contributed by atoms with E-state index >= 15 is 0 Å². The first-order valence-corrected chi connectivity index (χ1v) is 5.18. The molecule has 0 heterocycles. The number of halogens is 1. The number of nitrogens with one attached hydrogen (secondary N) is 1. The fourth-order valence-electron chi connectivity index (χ4n) is 1.16. The van der Waals surface area contributed by atoms with E-state index in [0.717, 1.165) is 0 Å². The topological polar surface area (TPSA) is 64.4 Å². The highest BCUT2D eigenvalue weighted by Gasteiger charge is 2.16. The van der Waals surface area contributed by atoms with Crippen LogP contribution in [-0.2, 0) is 0 Å². The minimum absolute atomic E-state index is 0.0211. The molecule has 0 aliphatic rings. The number of benzene rings is 1. The molecule has 0 radical (unpaired) electrons. The van der Waals surface area contributed by atoms with Crippen molar-refractivity contribution in [3.05, 3.63) is 26.7 Å². The third-order valence-electron chi connectivity index (χ3n) is 1.82. The van der Waals surface area contributed by atoms with Gasteiger partial charge in [0, 0.05) is 19.2 Å². The molecule has 0 unspecified atom stereocenters. The number of nitro benzene ring substituents is 1. The van der Waals surface area contributed by atoms with Crippen LogP contribution in [-0.4, -0.2) is 18.6 Å². The maximum absolute atomic E-state index is 10.7. The molecule has 1 aromatic rings. The molecule has 1 aromatic carbocycles. The summed E-state index contributed by atoms with van der Waals surface area (Å²) in [5.41, 5.74) is 0.458. The fraction of sp³-hybridized carbons (Fsp3) is 0.333. The molecule has 0 saturated heterocycles. The van der Waals surface area contributed by atoms with Gasteiger partial charge in [-0.1, -0.05) is 0 Å². The van der Waals surface area contributed by atoms with Gasteiger partial charge in [-0.05, 0) is 22.9 Å². The molecular formula is C9H11BrN2O3. The van der Waals surface area contributed by atoms with Crippen LogP contribution >= 0.6 is 15.9 Å². The number of hydrogen-bond acceptors (Lipinski definition) is 4. The highest BCUT2D eigenvalue weighted by atomic mass is 79.9. The molecule has 0 aliphatic carbocycles. The average molecular weight is 275 g/mol. The Morgan fingerprint density at radius 2 is 2.27 bits per heavy atom. The molecule has 15 heavy (non-hydrogen) atoms. The molecule has 82 valence electrons. The Kier molecular flexibility index (Phi) is 3.90. The lowest BCUT2D eigenvalue weighted by Gasteiger charge is -2.08. The number of nitro groups is 1. The van der Waals surface area contributed by atoms with Crippen molar-refractivity contribution < 1.29 is 9.66 Å². The Morgan fingerprint density at radius 3 is 2.73 bits per heavy atom.